The first-order chi connectivity index (χ1) is 11.2. The van der Waals surface area contributed by atoms with Gasteiger partial charge in [0.05, 0.1) is 16.5 Å². The van der Waals surface area contributed by atoms with Gasteiger partial charge in [0, 0.05) is 16.4 Å². The molecule has 3 rings (SSSR count). The van der Waals surface area contributed by atoms with Crippen LogP contribution in [0.4, 0.5) is 13.2 Å². The van der Waals surface area contributed by atoms with E-state index in [1.807, 2.05) is 5.38 Å². The smallest absolute Gasteiger partial charge is 0.207 e. The van der Waals surface area contributed by atoms with E-state index in [1.54, 1.807) is 12.1 Å². The SMILES string of the molecule is O=S(=O)(c1ccc(Cl)cc1C(F)(F)F)N1CCCC1c1cccs1. The number of hydrogen-bond donors (Lipinski definition) is 0. The van der Waals surface area contributed by atoms with Crippen LogP contribution in [0.2, 0.25) is 5.02 Å². The molecular weight excluding hydrogens is 383 g/mol. The Bertz CT molecular complexity index is 835. The molecule has 1 aliphatic rings. The van der Waals surface area contributed by atoms with E-state index in [-0.39, 0.29) is 11.6 Å². The third kappa shape index (κ3) is 3.20. The second kappa shape index (κ2) is 6.33. The van der Waals surface area contributed by atoms with Crippen LogP contribution in [-0.4, -0.2) is 19.3 Å². The molecule has 2 heterocycles. The highest BCUT2D eigenvalue weighted by Crippen LogP contribution is 2.42. The third-order valence-electron chi connectivity index (χ3n) is 3.91. The molecule has 0 aliphatic carbocycles. The summed E-state index contributed by atoms with van der Waals surface area (Å²) in [6.07, 6.45) is -3.60. The first kappa shape index (κ1) is 17.7. The molecule has 0 N–H and O–H groups in total. The topological polar surface area (TPSA) is 37.4 Å². The fourth-order valence-electron chi connectivity index (χ4n) is 2.87. The van der Waals surface area contributed by atoms with E-state index >= 15 is 0 Å². The molecule has 1 aromatic heterocycles. The third-order valence-corrected chi connectivity index (χ3v) is 7.08. The van der Waals surface area contributed by atoms with Gasteiger partial charge in [-0.25, -0.2) is 8.42 Å². The highest BCUT2D eigenvalue weighted by Gasteiger charge is 2.42. The van der Waals surface area contributed by atoms with E-state index in [4.69, 9.17) is 11.6 Å². The van der Waals surface area contributed by atoms with Gasteiger partial charge in [0.1, 0.15) is 0 Å². The van der Waals surface area contributed by atoms with E-state index in [0.717, 1.165) is 15.2 Å². The Morgan fingerprint density at radius 3 is 2.62 bits per heavy atom. The van der Waals surface area contributed by atoms with Gasteiger partial charge in [0.25, 0.3) is 0 Å². The largest absolute Gasteiger partial charge is 0.417 e. The zero-order valence-corrected chi connectivity index (χ0v) is 14.6. The Balaban J connectivity index is 2.08. The molecule has 1 aromatic carbocycles. The highest BCUT2D eigenvalue weighted by molar-refractivity contribution is 7.89. The molecular formula is C15H13ClF3NO2S2. The van der Waals surface area contributed by atoms with Crippen molar-refractivity contribution >= 4 is 33.0 Å². The summed E-state index contributed by atoms with van der Waals surface area (Å²) < 4.78 is 66.8. The molecule has 24 heavy (non-hydrogen) atoms. The Morgan fingerprint density at radius 2 is 2.00 bits per heavy atom. The predicted molar refractivity (Wildman–Crippen MR) is 86.6 cm³/mol. The molecule has 0 saturated carbocycles. The average Bonchev–Trinajstić information content (AvgIpc) is 3.17. The summed E-state index contributed by atoms with van der Waals surface area (Å²) in [5.41, 5.74) is -1.23. The van der Waals surface area contributed by atoms with Gasteiger partial charge in [-0.2, -0.15) is 17.5 Å². The normalized spacial score (nSPS) is 19.8. The molecule has 1 aliphatic heterocycles. The van der Waals surface area contributed by atoms with Gasteiger partial charge in [0.15, 0.2) is 0 Å². The summed E-state index contributed by atoms with van der Waals surface area (Å²) in [4.78, 5) is 0.0847. The minimum atomic E-state index is -4.80. The molecule has 9 heteroatoms. The molecule has 3 nitrogen and oxygen atoms in total. The van der Waals surface area contributed by atoms with Crippen LogP contribution in [0.1, 0.15) is 29.3 Å². The van der Waals surface area contributed by atoms with E-state index in [9.17, 15) is 21.6 Å². The van der Waals surface area contributed by atoms with Crippen LogP contribution in [-0.2, 0) is 16.2 Å². The number of benzene rings is 1. The summed E-state index contributed by atoms with van der Waals surface area (Å²) in [5, 5.41) is 1.67. The summed E-state index contributed by atoms with van der Waals surface area (Å²) in [5.74, 6) is 0. The Hall–Kier alpha value is -1.09. The van der Waals surface area contributed by atoms with Gasteiger partial charge in [-0.05, 0) is 42.5 Å². The van der Waals surface area contributed by atoms with Crippen molar-refractivity contribution < 1.29 is 21.6 Å². The van der Waals surface area contributed by atoms with Gasteiger partial charge < -0.3 is 0 Å². The lowest BCUT2D eigenvalue weighted by Gasteiger charge is -2.25. The molecule has 130 valence electrons. The Kier molecular flexibility index (Phi) is 4.67. The lowest BCUT2D eigenvalue weighted by atomic mass is 10.2. The van der Waals surface area contributed by atoms with Gasteiger partial charge in [0.2, 0.25) is 10.0 Å². The molecule has 1 fully saturated rings. The summed E-state index contributed by atoms with van der Waals surface area (Å²) in [6.45, 7) is 0.199. The van der Waals surface area contributed by atoms with E-state index in [1.165, 1.54) is 17.4 Å². The van der Waals surface area contributed by atoms with Crippen molar-refractivity contribution in [2.75, 3.05) is 6.54 Å². The molecule has 1 atom stereocenters. The lowest BCUT2D eigenvalue weighted by molar-refractivity contribution is -0.139. The first-order valence-corrected chi connectivity index (χ1v) is 9.83. The van der Waals surface area contributed by atoms with Crippen LogP contribution < -0.4 is 0 Å². The maximum atomic E-state index is 13.3. The monoisotopic (exact) mass is 395 g/mol. The van der Waals surface area contributed by atoms with Crippen molar-refractivity contribution in [1.29, 1.82) is 0 Å². The van der Waals surface area contributed by atoms with Crippen LogP contribution in [0, 0.1) is 0 Å². The summed E-state index contributed by atoms with van der Waals surface area (Å²) >= 11 is 7.03. The number of rotatable bonds is 3. The number of nitrogens with zero attached hydrogens (tertiary/aromatic N) is 1. The number of halogens is 4. The lowest BCUT2D eigenvalue weighted by Crippen LogP contribution is -2.32. The predicted octanol–water partition coefficient (Wildman–Crippen LogP) is 4.95. The fraction of sp³-hybridized carbons (Fsp3) is 0.333. The first-order valence-electron chi connectivity index (χ1n) is 7.13. The molecule has 1 unspecified atom stereocenters. The number of alkyl halides is 3. The van der Waals surface area contributed by atoms with Crippen molar-refractivity contribution in [1.82, 2.24) is 4.31 Å². The molecule has 2 aromatic rings. The van der Waals surface area contributed by atoms with E-state index in [0.29, 0.717) is 18.9 Å². The second-order valence-electron chi connectivity index (χ2n) is 5.43. The molecule has 0 bridgehead atoms. The average molecular weight is 396 g/mol. The highest BCUT2D eigenvalue weighted by atomic mass is 35.5. The quantitative estimate of drug-likeness (QED) is 0.737. The van der Waals surface area contributed by atoms with Gasteiger partial charge in [-0.15, -0.1) is 11.3 Å². The Labute approximate surface area is 146 Å². The van der Waals surface area contributed by atoms with E-state index in [2.05, 4.69) is 0 Å². The zero-order valence-electron chi connectivity index (χ0n) is 12.3. The van der Waals surface area contributed by atoms with Crippen molar-refractivity contribution in [3.63, 3.8) is 0 Å². The van der Waals surface area contributed by atoms with Crippen LogP contribution in [0.5, 0.6) is 0 Å². The van der Waals surface area contributed by atoms with Crippen molar-refractivity contribution in [3.05, 3.63) is 51.2 Å². The van der Waals surface area contributed by atoms with Crippen LogP contribution in [0.3, 0.4) is 0 Å². The minimum absolute atomic E-state index is 0.155. The van der Waals surface area contributed by atoms with Gasteiger partial charge in [-0.3, -0.25) is 0 Å². The van der Waals surface area contributed by atoms with E-state index < -0.39 is 32.7 Å². The zero-order chi connectivity index (χ0) is 17.5. The van der Waals surface area contributed by atoms with Crippen molar-refractivity contribution in [2.45, 2.75) is 30.0 Å². The number of sulfonamides is 1. The standard InChI is InChI=1S/C15H13ClF3NO2S2/c16-10-5-6-14(11(9-10)15(17,18)19)24(21,22)20-7-1-3-12(20)13-4-2-8-23-13/h2,4-6,8-9,12H,1,3,7H2. The Morgan fingerprint density at radius 1 is 1.25 bits per heavy atom. The summed E-state index contributed by atoms with van der Waals surface area (Å²) in [7, 11) is -4.28. The number of thiophene rings is 1. The maximum absolute atomic E-state index is 13.3. The van der Waals surface area contributed by atoms with Gasteiger partial charge >= 0.3 is 6.18 Å². The summed E-state index contributed by atoms with van der Waals surface area (Å²) in [6, 6.07) is 5.93. The van der Waals surface area contributed by atoms with Crippen molar-refractivity contribution in [2.24, 2.45) is 0 Å². The molecule has 0 spiro atoms. The maximum Gasteiger partial charge on any atom is 0.417 e. The van der Waals surface area contributed by atoms with Crippen LogP contribution in [0.15, 0.2) is 40.6 Å². The minimum Gasteiger partial charge on any atom is -0.207 e. The van der Waals surface area contributed by atoms with Crippen LogP contribution in [0.25, 0.3) is 0 Å². The van der Waals surface area contributed by atoms with Crippen molar-refractivity contribution in [3.8, 4) is 0 Å². The van der Waals surface area contributed by atoms with Gasteiger partial charge in [-0.1, -0.05) is 17.7 Å². The fourth-order valence-corrected chi connectivity index (χ4v) is 5.85. The number of hydrogen-bond acceptors (Lipinski definition) is 3. The molecule has 1 saturated heterocycles. The second-order valence-corrected chi connectivity index (χ2v) is 8.70. The molecule has 0 amide bonds. The van der Waals surface area contributed by atoms with Crippen LogP contribution >= 0.6 is 22.9 Å². The molecule has 0 radical (unpaired) electrons.